The summed E-state index contributed by atoms with van der Waals surface area (Å²) in [7, 11) is 3.54. The molecule has 3 heterocycles. The summed E-state index contributed by atoms with van der Waals surface area (Å²) in [6, 6.07) is -0.394. The minimum absolute atomic E-state index is 0.0290. The van der Waals surface area contributed by atoms with Crippen LogP contribution >= 0.6 is 0 Å². The first-order chi connectivity index (χ1) is 12.2. The number of aryl methyl sites for hydroxylation is 2. The maximum Gasteiger partial charge on any atom is 0.323 e. The van der Waals surface area contributed by atoms with Gasteiger partial charge in [-0.1, -0.05) is 5.16 Å². The van der Waals surface area contributed by atoms with E-state index < -0.39 is 0 Å². The Kier molecular flexibility index (Phi) is 4.16. The first kappa shape index (κ1) is 16.1. The number of fused-ring (bicyclic) bond motifs is 1. The molecule has 25 heavy (non-hydrogen) atoms. The van der Waals surface area contributed by atoms with Crippen molar-refractivity contribution in [1.82, 2.24) is 24.8 Å². The smallest absolute Gasteiger partial charge is 0.323 e. The summed E-state index contributed by atoms with van der Waals surface area (Å²) in [4.78, 5) is 14.6. The van der Waals surface area contributed by atoms with Crippen LogP contribution in [0.15, 0.2) is 10.9 Å². The normalized spacial score (nSPS) is 22.9. The van der Waals surface area contributed by atoms with Gasteiger partial charge in [-0.15, -0.1) is 10.2 Å². The van der Waals surface area contributed by atoms with Crippen LogP contribution in [-0.2, 0) is 24.6 Å². The average molecular weight is 346 g/mol. The molecule has 1 N–H and O–H groups in total. The molecule has 9 heteroatoms. The summed E-state index contributed by atoms with van der Waals surface area (Å²) >= 11 is 0. The van der Waals surface area contributed by atoms with Crippen LogP contribution in [0.3, 0.4) is 0 Å². The molecule has 2 aromatic rings. The number of amides is 2. The van der Waals surface area contributed by atoms with Gasteiger partial charge in [-0.25, -0.2) is 4.79 Å². The van der Waals surface area contributed by atoms with Gasteiger partial charge in [0.1, 0.15) is 12.1 Å². The van der Waals surface area contributed by atoms with Gasteiger partial charge in [0.25, 0.3) is 0 Å². The predicted molar refractivity (Wildman–Crippen MR) is 88.0 cm³/mol. The van der Waals surface area contributed by atoms with E-state index in [0.717, 1.165) is 42.8 Å². The number of ether oxygens (including phenoxy) is 1. The Labute approximate surface area is 145 Å². The lowest BCUT2D eigenvalue weighted by atomic mass is 9.98. The summed E-state index contributed by atoms with van der Waals surface area (Å²) in [5, 5.41) is 15.1. The Morgan fingerprint density at radius 2 is 2.24 bits per heavy atom. The van der Waals surface area contributed by atoms with Gasteiger partial charge in [-0.3, -0.25) is 5.32 Å². The van der Waals surface area contributed by atoms with E-state index in [4.69, 9.17) is 9.26 Å². The van der Waals surface area contributed by atoms with Crippen LogP contribution < -0.4 is 5.32 Å². The molecular formula is C16H22N6O3. The number of aromatic nitrogens is 4. The maximum atomic E-state index is 12.9. The lowest BCUT2D eigenvalue weighted by Crippen LogP contribution is -2.36. The Hall–Kier alpha value is -2.42. The molecule has 2 aliphatic rings. The second-order valence-electron chi connectivity index (χ2n) is 6.63. The second kappa shape index (κ2) is 6.47. The van der Waals surface area contributed by atoms with Crippen LogP contribution in [0.4, 0.5) is 10.6 Å². The van der Waals surface area contributed by atoms with Crippen LogP contribution in [-0.4, -0.2) is 50.6 Å². The van der Waals surface area contributed by atoms with Gasteiger partial charge in [-0.2, -0.15) is 0 Å². The number of rotatable bonds is 3. The summed E-state index contributed by atoms with van der Waals surface area (Å²) in [5.74, 6) is 2.18. The third kappa shape index (κ3) is 2.88. The standard InChI is InChI=1S/C16H22N6O3/c1-21-9-17-19-15(21)12-7-10(24-2)8-22(12)16(23)18-14-11-5-3-4-6-13(11)25-20-14/h9-10,12H,3-8H2,1-2H3,(H,18,20,23)/t10-,12+/m1/s1. The summed E-state index contributed by atoms with van der Waals surface area (Å²) in [6.45, 7) is 0.500. The van der Waals surface area contributed by atoms with Gasteiger partial charge in [0.2, 0.25) is 0 Å². The van der Waals surface area contributed by atoms with Crippen molar-refractivity contribution in [3.63, 3.8) is 0 Å². The molecule has 1 aliphatic carbocycles. The Bertz CT molecular complexity index is 770. The number of hydrogen-bond acceptors (Lipinski definition) is 6. The van der Waals surface area contributed by atoms with Crippen molar-refractivity contribution in [3.8, 4) is 0 Å². The van der Waals surface area contributed by atoms with Crippen molar-refractivity contribution < 1.29 is 14.1 Å². The number of anilines is 1. The van der Waals surface area contributed by atoms with Crippen LogP contribution in [0, 0.1) is 0 Å². The Morgan fingerprint density at radius 3 is 3.00 bits per heavy atom. The van der Waals surface area contributed by atoms with Crippen molar-refractivity contribution >= 4 is 11.8 Å². The average Bonchev–Trinajstić information content (AvgIpc) is 3.33. The highest BCUT2D eigenvalue weighted by Gasteiger charge is 2.39. The molecule has 0 spiro atoms. The largest absolute Gasteiger partial charge is 0.380 e. The highest BCUT2D eigenvalue weighted by molar-refractivity contribution is 5.89. The highest BCUT2D eigenvalue weighted by atomic mass is 16.5. The van der Waals surface area contributed by atoms with Crippen LogP contribution in [0.25, 0.3) is 0 Å². The van der Waals surface area contributed by atoms with E-state index in [1.165, 1.54) is 0 Å². The SMILES string of the molecule is CO[C@@H]1C[C@@H](c2nncn2C)N(C(=O)Nc2noc3c2CCCC3)C1. The molecule has 1 saturated heterocycles. The topological polar surface area (TPSA) is 98.3 Å². The molecule has 2 aromatic heterocycles. The van der Waals surface area contributed by atoms with Gasteiger partial charge < -0.3 is 18.7 Å². The van der Waals surface area contributed by atoms with Crippen molar-refractivity contribution in [2.24, 2.45) is 7.05 Å². The van der Waals surface area contributed by atoms with Gasteiger partial charge in [0.05, 0.1) is 12.1 Å². The fraction of sp³-hybridized carbons (Fsp3) is 0.625. The summed E-state index contributed by atoms with van der Waals surface area (Å²) in [6.07, 6.45) is 6.27. The highest BCUT2D eigenvalue weighted by Crippen LogP contribution is 2.33. The zero-order chi connectivity index (χ0) is 17.4. The van der Waals surface area contributed by atoms with E-state index >= 15 is 0 Å². The third-order valence-electron chi connectivity index (χ3n) is 5.08. The number of carbonyl (C=O) groups is 1. The minimum atomic E-state index is -0.214. The molecule has 134 valence electrons. The van der Waals surface area contributed by atoms with E-state index in [-0.39, 0.29) is 18.2 Å². The van der Waals surface area contributed by atoms with Crippen LogP contribution in [0.2, 0.25) is 0 Å². The first-order valence-electron chi connectivity index (χ1n) is 8.59. The van der Waals surface area contributed by atoms with Crippen molar-refractivity contribution in [2.75, 3.05) is 19.0 Å². The van der Waals surface area contributed by atoms with E-state index in [1.54, 1.807) is 18.3 Å². The molecule has 4 rings (SSSR count). The van der Waals surface area contributed by atoms with E-state index in [0.29, 0.717) is 18.8 Å². The third-order valence-corrected chi connectivity index (χ3v) is 5.08. The first-order valence-corrected chi connectivity index (χ1v) is 8.59. The molecule has 2 amide bonds. The number of methoxy groups -OCH3 is 1. The number of hydrogen-bond donors (Lipinski definition) is 1. The molecule has 0 radical (unpaired) electrons. The molecule has 0 unspecified atom stereocenters. The minimum Gasteiger partial charge on any atom is -0.380 e. The monoisotopic (exact) mass is 346 g/mol. The number of carbonyl (C=O) groups excluding carboxylic acids is 1. The molecule has 9 nitrogen and oxygen atoms in total. The van der Waals surface area contributed by atoms with E-state index in [2.05, 4.69) is 20.7 Å². The molecule has 0 saturated carbocycles. The molecule has 0 bridgehead atoms. The number of nitrogens with one attached hydrogen (secondary N) is 1. The zero-order valence-corrected chi connectivity index (χ0v) is 14.4. The van der Waals surface area contributed by atoms with Gasteiger partial charge in [-0.05, 0) is 19.3 Å². The Morgan fingerprint density at radius 1 is 1.40 bits per heavy atom. The van der Waals surface area contributed by atoms with Crippen LogP contribution in [0.1, 0.15) is 42.5 Å². The van der Waals surface area contributed by atoms with E-state index in [1.807, 2.05) is 11.6 Å². The Balaban J connectivity index is 1.55. The maximum absolute atomic E-state index is 12.9. The summed E-state index contributed by atoms with van der Waals surface area (Å²) in [5.41, 5.74) is 1.03. The molecule has 1 aliphatic heterocycles. The quantitative estimate of drug-likeness (QED) is 0.908. The van der Waals surface area contributed by atoms with E-state index in [9.17, 15) is 4.79 Å². The fourth-order valence-electron chi connectivity index (χ4n) is 3.69. The van der Waals surface area contributed by atoms with Crippen LogP contribution in [0.5, 0.6) is 0 Å². The van der Waals surface area contributed by atoms with Gasteiger partial charge >= 0.3 is 6.03 Å². The number of likely N-dealkylation sites (tertiary alicyclic amines) is 1. The van der Waals surface area contributed by atoms with Gasteiger partial charge in [0.15, 0.2) is 11.6 Å². The zero-order valence-electron chi connectivity index (χ0n) is 14.4. The fourth-order valence-corrected chi connectivity index (χ4v) is 3.69. The molecule has 0 aromatic carbocycles. The molecular weight excluding hydrogens is 324 g/mol. The number of nitrogens with zero attached hydrogens (tertiary/aromatic N) is 5. The van der Waals surface area contributed by atoms with Gasteiger partial charge in [0, 0.05) is 39.1 Å². The lowest BCUT2D eigenvalue weighted by Gasteiger charge is -2.23. The van der Waals surface area contributed by atoms with Crippen molar-refractivity contribution in [2.45, 2.75) is 44.2 Å². The lowest BCUT2D eigenvalue weighted by molar-refractivity contribution is 0.111. The van der Waals surface area contributed by atoms with Crippen molar-refractivity contribution in [1.29, 1.82) is 0 Å². The molecule has 1 fully saturated rings. The summed E-state index contributed by atoms with van der Waals surface area (Å²) < 4.78 is 12.7. The molecule has 2 atom stereocenters. The van der Waals surface area contributed by atoms with Crippen molar-refractivity contribution in [3.05, 3.63) is 23.5 Å². The number of urea groups is 1. The predicted octanol–water partition coefficient (Wildman–Crippen LogP) is 1.68. The second-order valence-corrected chi connectivity index (χ2v) is 6.63.